The summed E-state index contributed by atoms with van der Waals surface area (Å²) in [5.74, 6) is -0.858. The molecule has 2 aromatic rings. The quantitative estimate of drug-likeness (QED) is 0.437. The molecule has 0 saturated heterocycles. The zero-order valence-electron chi connectivity index (χ0n) is 13.2. The van der Waals surface area contributed by atoms with Gasteiger partial charge in [0.05, 0.1) is 4.47 Å². The minimum absolute atomic E-state index is 0.112. The molecule has 0 bridgehead atoms. The van der Waals surface area contributed by atoms with E-state index in [0.717, 1.165) is 0 Å². The molecule has 1 heterocycles. The van der Waals surface area contributed by atoms with Crippen LogP contribution in [0.4, 0.5) is 0 Å². The van der Waals surface area contributed by atoms with Gasteiger partial charge >= 0.3 is 11.9 Å². The zero-order chi connectivity index (χ0) is 18.7. The van der Waals surface area contributed by atoms with Crippen LogP contribution in [0, 0.1) is 0 Å². The van der Waals surface area contributed by atoms with Gasteiger partial charge in [-0.05, 0) is 51.8 Å². The maximum Gasteiger partial charge on any atom is 0.339 e. The number of hydrogen-bond donors (Lipinski definition) is 1. The monoisotopic (exact) mass is 438 g/mol. The van der Waals surface area contributed by atoms with Gasteiger partial charge in [-0.2, -0.15) is 0 Å². The fourth-order valence-electron chi connectivity index (χ4n) is 2.29. The van der Waals surface area contributed by atoms with E-state index in [1.165, 1.54) is 24.3 Å². The Morgan fingerprint density at radius 3 is 2.62 bits per heavy atom. The van der Waals surface area contributed by atoms with Gasteiger partial charge in [0.15, 0.2) is 17.2 Å². The third-order valence-electron chi connectivity index (χ3n) is 3.42. The molecule has 8 heteroatoms. The van der Waals surface area contributed by atoms with Crippen LogP contribution >= 0.6 is 27.5 Å². The van der Waals surface area contributed by atoms with Gasteiger partial charge in [0, 0.05) is 11.1 Å². The third kappa shape index (κ3) is 4.17. The summed E-state index contributed by atoms with van der Waals surface area (Å²) < 4.78 is 16.3. The Balaban J connectivity index is 1.77. The number of benzene rings is 2. The van der Waals surface area contributed by atoms with Gasteiger partial charge in [0.25, 0.3) is 0 Å². The molecule has 2 aromatic carbocycles. The highest BCUT2D eigenvalue weighted by Gasteiger charge is 2.18. The second kappa shape index (κ2) is 7.80. The van der Waals surface area contributed by atoms with E-state index >= 15 is 0 Å². The van der Waals surface area contributed by atoms with E-state index in [-0.39, 0.29) is 20.8 Å². The molecule has 0 amide bonds. The molecule has 0 fully saturated rings. The Morgan fingerprint density at radius 1 is 1.15 bits per heavy atom. The van der Waals surface area contributed by atoms with Crippen LogP contribution in [-0.4, -0.2) is 30.3 Å². The first-order valence-corrected chi connectivity index (χ1v) is 8.63. The highest BCUT2D eigenvalue weighted by molar-refractivity contribution is 9.10. The number of esters is 1. The third-order valence-corrected chi connectivity index (χ3v) is 4.23. The van der Waals surface area contributed by atoms with Crippen molar-refractivity contribution in [1.82, 2.24) is 0 Å². The minimum Gasteiger partial charge on any atom is -0.486 e. The van der Waals surface area contributed by atoms with E-state index in [0.29, 0.717) is 30.3 Å². The second-order valence-electron chi connectivity index (χ2n) is 5.23. The van der Waals surface area contributed by atoms with Crippen molar-refractivity contribution in [3.63, 3.8) is 0 Å². The van der Waals surface area contributed by atoms with Gasteiger partial charge in [-0.3, -0.25) is 0 Å². The van der Waals surface area contributed by atoms with Crippen molar-refractivity contribution >= 4 is 45.5 Å². The molecule has 134 valence electrons. The summed E-state index contributed by atoms with van der Waals surface area (Å²) >= 11 is 8.98. The number of fused-ring (bicyclic) bond motifs is 1. The molecule has 0 aliphatic carbocycles. The Morgan fingerprint density at radius 2 is 1.88 bits per heavy atom. The summed E-state index contributed by atoms with van der Waals surface area (Å²) in [5, 5.41) is 9.44. The molecule has 0 aromatic heterocycles. The number of aromatic carboxylic acids is 1. The molecule has 1 aliphatic rings. The fraction of sp³-hybridized carbons (Fsp3) is 0.111. The van der Waals surface area contributed by atoms with Crippen LogP contribution in [0.15, 0.2) is 40.9 Å². The highest BCUT2D eigenvalue weighted by Crippen LogP contribution is 2.33. The van der Waals surface area contributed by atoms with Crippen molar-refractivity contribution in [1.29, 1.82) is 0 Å². The smallest absolute Gasteiger partial charge is 0.339 e. The lowest BCUT2D eigenvalue weighted by Crippen LogP contribution is -2.15. The number of carbonyl (C=O) groups is 2. The number of hydrogen-bond acceptors (Lipinski definition) is 5. The first-order valence-electron chi connectivity index (χ1n) is 7.46. The van der Waals surface area contributed by atoms with Crippen molar-refractivity contribution in [2.24, 2.45) is 0 Å². The maximum atomic E-state index is 12.1. The first kappa shape index (κ1) is 18.3. The summed E-state index contributed by atoms with van der Waals surface area (Å²) in [6, 6.07) is 7.90. The Kier molecular flexibility index (Phi) is 5.49. The lowest BCUT2D eigenvalue weighted by atomic mass is 10.2. The van der Waals surface area contributed by atoms with E-state index in [2.05, 4.69) is 15.9 Å². The minimum atomic E-state index is -1.26. The van der Waals surface area contributed by atoms with Crippen LogP contribution in [0.1, 0.15) is 15.9 Å². The largest absolute Gasteiger partial charge is 0.486 e. The van der Waals surface area contributed by atoms with Gasteiger partial charge in [-0.25, -0.2) is 9.59 Å². The standard InChI is InChI=1S/C18H12BrClO6/c19-13-9-11(20)8-12(18(22)23)17(13)26-16(21)4-2-10-1-3-14-15(7-10)25-6-5-24-14/h1-4,7-9H,5-6H2,(H,22,23)/b4-2+. The molecule has 1 N–H and O–H groups in total. The number of carbonyl (C=O) groups excluding carboxylic acids is 1. The number of rotatable bonds is 4. The maximum absolute atomic E-state index is 12.1. The van der Waals surface area contributed by atoms with Crippen LogP contribution < -0.4 is 14.2 Å². The number of halogens is 2. The zero-order valence-corrected chi connectivity index (χ0v) is 15.5. The second-order valence-corrected chi connectivity index (χ2v) is 6.52. The predicted octanol–water partition coefficient (Wildman–Crippen LogP) is 4.19. The van der Waals surface area contributed by atoms with Crippen LogP contribution in [0.3, 0.4) is 0 Å². The van der Waals surface area contributed by atoms with E-state index < -0.39 is 11.9 Å². The number of ether oxygens (including phenoxy) is 3. The molecule has 0 atom stereocenters. The highest BCUT2D eigenvalue weighted by atomic mass is 79.9. The van der Waals surface area contributed by atoms with Crippen LogP contribution in [0.5, 0.6) is 17.2 Å². The Bertz CT molecular complexity index is 909. The lowest BCUT2D eigenvalue weighted by Gasteiger charge is -2.18. The summed E-state index contributed by atoms with van der Waals surface area (Å²) in [4.78, 5) is 23.4. The molecule has 26 heavy (non-hydrogen) atoms. The van der Waals surface area contributed by atoms with Gasteiger partial charge in [0.1, 0.15) is 18.8 Å². The number of carboxylic acid groups (broad SMARTS) is 1. The molecular weight excluding hydrogens is 428 g/mol. The van der Waals surface area contributed by atoms with Gasteiger partial charge in [-0.1, -0.05) is 17.7 Å². The molecular formula is C18H12BrClO6. The van der Waals surface area contributed by atoms with E-state index in [1.807, 2.05) is 0 Å². The van der Waals surface area contributed by atoms with Crippen LogP contribution in [0.2, 0.25) is 5.02 Å². The first-order chi connectivity index (χ1) is 12.4. The van der Waals surface area contributed by atoms with Gasteiger partial charge < -0.3 is 19.3 Å². The molecule has 0 spiro atoms. The van der Waals surface area contributed by atoms with Crippen LogP contribution in [-0.2, 0) is 4.79 Å². The molecule has 1 aliphatic heterocycles. The fourth-order valence-corrected chi connectivity index (χ4v) is 3.18. The molecule has 6 nitrogen and oxygen atoms in total. The van der Waals surface area contributed by atoms with Crippen molar-refractivity contribution < 1.29 is 28.9 Å². The van der Waals surface area contributed by atoms with Crippen LogP contribution in [0.25, 0.3) is 6.08 Å². The summed E-state index contributed by atoms with van der Waals surface area (Å²) in [6.07, 6.45) is 2.73. The topological polar surface area (TPSA) is 82.1 Å². The molecule has 0 unspecified atom stereocenters. The Labute approximate surface area is 162 Å². The summed E-state index contributed by atoms with van der Waals surface area (Å²) in [6.45, 7) is 0.959. The summed E-state index contributed by atoms with van der Waals surface area (Å²) in [7, 11) is 0. The molecule has 0 radical (unpaired) electrons. The van der Waals surface area contributed by atoms with Crippen molar-refractivity contribution in [2.75, 3.05) is 13.2 Å². The van der Waals surface area contributed by atoms with E-state index in [9.17, 15) is 14.7 Å². The molecule has 0 saturated carbocycles. The summed E-state index contributed by atoms with van der Waals surface area (Å²) in [5.41, 5.74) is 0.491. The Hall–Kier alpha value is -2.51. The normalized spacial score (nSPS) is 12.8. The van der Waals surface area contributed by atoms with Crippen molar-refractivity contribution in [2.45, 2.75) is 0 Å². The average molecular weight is 440 g/mol. The van der Waals surface area contributed by atoms with E-state index in [4.69, 9.17) is 25.8 Å². The molecule has 3 rings (SSSR count). The van der Waals surface area contributed by atoms with Gasteiger partial charge in [0.2, 0.25) is 0 Å². The SMILES string of the molecule is O=C(/C=C/c1ccc2c(c1)OCCO2)Oc1c(Br)cc(Cl)cc1C(=O)O. The number of carboxylic acids is 1. The van der Waals surface area contributed by atoms with Gasteiger partial charge in [-0.15, -0.1) is 0 Å². The predicted molar refractivity (Wildman–Crippen MR) is 98.2 cm³/mol. The average Bonchev–Trinajstić information content (AvgIpc) is 2.61. The van der Waals surface area contributed by atoms with Crippen molar-refractivity contribution in [3.8, 4) is 17.2 Å². The van der Waals surface area contributed by atoms with Crippen molar-refractivity contribution in [3.05, 3.63) is 57.0 Å². The lowest BCUT2D eigenvalue weighted by molar-refractivity contribution is -0.128. The van der Waals surface area contributed by atoms with E-state index in [1.54, 1.807) is 18.2 Å².